The molecule has 0 saturated carbocycles. The Morgan fingerprint density at radius 2 is 0.924 bits per heavy atom. The number of nitrogens with zero attached hydrogens (tertiary/aromatic N) is 1. The smallest absolute Gasteiger partial charge is 0.321 e. The van der Waals surface area contributed by atoms with Gasteiger partial charge in [0.15, 0.2) is 44.0 Å². The lowest BCUT2D eigenvalue weighted by molar-refractivity contribution is -0.395. The predicted octanol–water partition coefficient (Wildman–Crippen LogP) is -9.61. The first-order valence-electron chi connectivity index (χ1n) is 47.9. The summed E-state index contributed by atoms with van der Waals surface area (Å²) in [7, 11) is -2.18. The fraction of sp³-hybridized carbons (Fsp3) is 0.875. The number of Topliss-reactive ketones (excluding diaryl/α,β-unsaturated/α-hetero) is 3. The topological polar surface area (TPSA) is 837 Å². The molecule has 0 spiro atoms. The molecule has 23 aliphatic rings. The van der Waals surface area contributed by atoms with Crippen LogP contribution < -0.4 is 16.1 Å². The zero-order chi connectivity index (χ0) is 107. The van der Waals surface area contributed by atoms with Crippen molar-refractivity contribution in [1.29, 1.82) is 0 Å². The van der Waals surface area contributed by atoms with E-state index in [1.54, 1.807) is 20.8 Å². The number of aliphatic hydroxyl groups is 21. The number of aliphatic carboxylic acids is 2. The van der Waals surface area contributed by atoms with E-state index in [2.05, 4.69) is 15.4 Å². The van der Waals surface area contributed by atoms with E-state index in [1.807, 2.05) is 32.2 Å². The Hall–Kier alpha value is -3.96. The number of rotatable bonds is 34. The third-order valence-electron chi connectivity index (χ3n) is 27.3. The van der Waals surface area contributed by atoms with Gasteiger partial charge in [0.1, 0.15) is 193 Å². The van der Waals surface area contributed by atoms with E-state index in [-0.39, 0.29) is 111 Å². The average molecular weight is 2170 g/mol. The van der Waals surface area contributed by atoms with Gasteiger partial charge >= 0.3 is 17.9 Å². The van der Waals surface area contributed by atoms with Crippen LogP contribution in [0.2, 0.25) is 0 Å². The standard InChI is InChI=1S/C59H97NO41S2.C29H48N3O8PS/c1-19(66)3-5-86-7-8-87-6-4-21(67)9-20(51(82)83)15-102-17-28-49-35(73)42(80)58(93-28)98-47-26(13-64)89-55(38(76)31(47)69)97-46-25(12-63)92-57(41(79)34(46)72)101-50-29(18-103-16-22(60-2)52(84)85)94-59(43(81)36(50)74)99-48-27(14-65)90-54(39(77)32(48)70)95-44-23(10-61)88-53(37(75)30(44)68)96-45-24(11-62)91-56(100-49)40(78)33(45)71;1-17-8-7-9-29(6)23(40-29)13-21(39-25(34)14-22(33)28(4,5)27(36)19(3)26(17)35)18(2)12-20-16-42-24(32-20)15-31-41(37,38)11-10-30/h20,22-50,53-65,68-81H,3-18H2,1-2H3,(H,82,83)(H,84,85);12,16-17,19,21-23,26,33,35H,7-11,13-15,30H2,1-6H3,(H2,31,37,38)/b;18-12+/t20-,22-,23?,24?,25?,26?,27?,28?,29?,30-,31-,32-,33-,34-,35-,36-,37?,38?,39?,40?,41?,42?,43?,44-,45-,46-,47-,48-,49-,50-,53-,54-,55+,56+,57+,58-,59+;17-,19+,21-,22-,23-,26-,29+/m11/s1. The number of ether oxygens (including phenoxy) is 18. The van der Waals surface area contributed by atoms with E-state index in [0.29, 0.717) is 17.1 Å². The number of carbonyl (C=O) groups excluding carboxylic acids is 4. The maximum atomic E-state index is 13.3. The van der Waals surface area contributed by atoms with Gasteiger partial charge in [0.2, 0.25) is 0 Å². The van der Waals surface area contributed by atoms with Crippen LogP contribution in [-0.4, -0.2) is 516 Å². The summed E-state index contributed by atoms with van der Waals surface area (Å²) in [5, 5.41) is 266. The largest absolute Gasteiger partial charge is 0.481 e. The second kappa shape index (κ2) is 55.9. The minimum Gasteiger partial charge on any atom is -0.481 e. The van der Waals surface area contributed by atoms with Crippen LogP contribution in [0.1, 0.15) is 111 Å². The number of cyclic esters (lactones) is 1. The Kier molecular flexibility index (Phi) is 47.4. The van der Waals surface area contributed by atoms with Crippen LogP contribution >= 0.6 is 42.4 Å². The van der Waals surface area contributed by atoms with Gasteiger partial charge in [-0.05, 0) is 58.2 Å². The number of epoxide rings is 1. The van der Waals surface area contributed by atoms with Crippen molar-refractivity contribution >= 4 is 83.7 Å². The van der Waals surface area contributed by atoms with Crippen molar-refractivity contribution in [3.8, 4) is 0 Å². The zero-order valence-corrected chi connectivity index (χ0v) is 84.4. The fourth-order valence-electron chi connectivity index (χ4n) is 18.2. The van der Waals surface area contributed by atoms with Crippen LogP contribution in [0.15, 0.2) is 11.0 Å². The molecule has 14 bridgehead atoms. The Balaban J connectivity index is 0.000000426. The maximum Gasteiger partial charge on any atom is 0.321 e. The van der Waals surface area contributed by atoms with Gasteiger partial charge in [0.25, 0.3) is 7.52 Å². The molecular formula is C88H145N4O49PS3. The summed E-state index contributed by atoms with van der Waals surface area (Å²) in [6, 6.07) is -1.18. The lowest BCUT2D eigenvalue weighted by Gasteiger charge is -2.50. The molecule has 23 saturated heterocycles. The number of nitrogens with two attached hydrogens (primary N) is 1. The molecule has 0 aromatic carbocycles. The molecule has 0 radical (unpaired) electrons. The molecular weight excluding hydrogens is 2020 g/mol. The summed E-state index contributed by atoms with van der Waals surface area (Å²) in [4.78, 5) is 89.5. The third kappa shape index (κ3) is 31.7. The highest BCUT2D eigenvalue weighted by Gasteiger charge is 2.61. The first-order chi connectivity index (χ1) is 68.5. The molecule has 1 aromatic rings. The number of carboxylic acid groups (broad SMARTS) is 2. The van der Waals surface area contributed by atoms with Gasteiger partial charge in [-0.1, -0.05) is 34.1 Å². The number of hydrogen-bond acceptors (Lipinski definition) is 52. The van der Waals surface area contributed by atoms with Crippen molar-refractivity contribution in [2.24, 2.45) is 28.9 Å². The van der Waals surface area contributed by atoms with Crippen LogP contribution in [0.25, 0.3) is 6.08 Å². The summed E-state index contributed by atoms with van der Waals surface area (Å²) in [5.41, 5.74) is 5.11. The average Bonchev–Trinajstić information content (AvgIpc) is 1.73. The molecule has 57 heteroatoms. The Morgan fingerprint density at radius 1 is 0.545 bits per heavy atom. The number of esters is 1. The number of likely N-dealkylation sites (N-methyl/N-ethyl adjacent to an activating group) is 1. The molecule has 145 heavy (non-hydrogen) atoms. The minimum absolute atomic E-state index is 0.0283. The summed E-state index contributed by atoms with van der Waals surface area (Å²) in [6.07, 6.45) is -71.9. The number of thioether (sulfide) groups is 2. The van der Waals surface area contributed by atoms with E-state index in [0.717, 1.165) is 48.4 Å². The third-order valence-corrected chi connectivity index (χ3v) is 32.0. The molecule has 1 aromatic heterocycles. The van der Waals surface area contributed by atoms with E-state index >= 15 is 0 Å². The highest BCUT2D eigenvalue weighted by molar-refractivity contribution is 7.99. The summed E-state index contributed by atoms with van der Waals surface area (Å²) in [6.45, 7) is 6.98. The highest BCUT2D eigenvalue weighted by atomic mass is 32.2. The summed E-state index contributed by atoms with van der Waals surface area (Å²) in [5.74, 6) is -7.83. The normalized spacial score (nSPS) is 42.0. The van der Waals surface area contributed by atoms with Gasteiger partial charge in [-0.25, -0.2) is 10.1 Å². The predicted molar refractivity (Wildman–Crippen MR) is 493 cm³/mol. The molecule has 834 valence electrons. The van der Waals surface area contributed by atoms with Crippen molar-refractivity contribution < 1.29 is 241 Å². The van der Waals surface area contributed by atoms with Gasteiger partial charge in [0, 0.05) is 66.5 Å². The van der Waals surface area contributed by atoms with Crippen LogP contribution in [0.4, 0.5) is 0 Å². The van der Waals surface area contributed by atoms with Gasteiger partial charge in [-0.2, -0.15) is 23.5 Å². The number of thiazole rings is 1. The van der Waals surface area contributed by atoms with Crippen LogP contribution in [-0.2, 0) is 125 Å². The molecule has 0 amide bonds. The van der Waals surface area contributed by atoms with E-state index < -0.39 is 333 Å². The van der Waals surface area contributed by atoms with Crippen molar-refractivity contribution in [3.63, 3.8) is 0 Å². The van der Waals surface area contributed by atoms with Crippen molar-refractivity contribution in [2.75, 3.05) is 102 Å². The van der Waals surface area contributed by atoms with Gasteiger partial charge in [-0.3, -0.25) is 33.3 Å². The van der Waals surface area contributed by atoms with E-state index in [4.69, 9.17) is 91.0 Å². The number of aromatic nitrogens is 1. The van der Waals surface area contributed by atoms with E-state index in [1.165, 1.54) is 25.3 Å². The van der Waals surface area contributed by atoms with Crippen LogP contribution in [0.3, 0.4) is 0 Å². The highest BCUT2D eigenvalue weighted by Crippen LogP contribution is 2.47. The monoisotopic (exact) mass is 2170 g/mol. The van der Waals surface area contributed by atoms with Crippen LogP contribution in [0.5, 0.6) is 0 Å². The van der Waals surface area contributed by atoms with Crippen molar-refractivity contribution in [1.82, 2.24) is 15.4 Å². The Bertz CT molecular complexity index is 4290. The molecule has 0 aliphatic carbocycles. The lowest BCUT2D eigenvalue weighted by atomic mass is 9.73. The maximum absolute atomic E-state index is 13.3. The molecule has 23 fully saturated rings. The van der Waals surface area contributed by atoms with Gasteiger partial charge in [-0.15, -0.1) is 11.3 Å². The SMILES string of the molecule is C/C(=C\c1csc(CNP(=O)(O)CCN)n1)[C@H]1C[C@H]2O[C@@]2(C)CCC[C@@H](C)[C@@H](O)[C@H](C)C(=O)C(C)(C)[C@H](O)CC(=O)O1.CN[C@H](CSCC1O[C@H]2O[C@@H]3C(CO)O[C@H](O[C@@H]4C(CO)O[C@H](O[C@@H]5C(CO)O[C@@H](O[C@@H]6C(CSC[C@@H](CC(=O)CCOCCOCCC(C)=O)C(=O)O)O[C@H](O[C@@H]7C(CO)O[C@@H](O[C@@H]8C(CO)O[C@@H](O[C@H]1[C@H](O)C2O)C(O)[C@H]8O)C(O)[C@H]7O)C(O)[C@H]6O)C(O)[C@H]5O)C(O)[C@H]4O)C(O)[C@H]3O)C(=O)O. The van der Waals surface area contributed by atoms with E-state index in [9.17, 15) is 156 Å². The van der Waals surface area contributed by atoms with Crippen molar-refractivity contribution in [2.45, 2.75) is 357 Å². The molecule has 45 atom stereocenters. The molecule has 53 nitrogen and oxygen atoms in total. The van der Waals surface area contributed by atoms with Gasteiger partial charge in [0.05, 0.1) is 132 Å². The lowest BCUT2D eigenvalue weighted by Crippen LogP contribution is -2.68. The summed E-state index contributed by atoms with van der Waals surface area (Å²) >= 11 is 3.00. The first-order valence-corrected chi connectivity index (χ1v) is 52.9. The number of ketones is 3. The molecule has 23 aliphatic heterocycles. The molecule has 15 unspecified atom stereocenters. The zero-order valence-electron chi connectivity index (χ0n) is 81.1. The molecule has 24 heterocycles. The number of fused-ring (bicyclic) bond motifs is 1. The minimum atomic E-state index is -3.53. The second-order valence-corrected chi connectivity index (χ2v) is 43.7. The fourth-order valence-corrected chi connectivity index (χ4v) is 22.2. The van der Waals surface area contributed by atoms with Gasteiger partial charge < -0.3 is 219 Å². The number of aliphatic hydroxyl groups excluding tert-OH is 21. The quantitative estimate of drug-likeness (QED) is 0.0132. The van der Waals surface area contributed by atoms with Crippen LogP contribution in [0, 0.1) is 23.2 Å². The van der Waals surface area contributed by atoms with Crippen molar-refractivity contribution in [3.05, 3.63) is 21.7 Å². The number of carboxylic acids is 2. The Labute approximate surface area is 846 Å². The molecule has 28 N–H and O–H groups in total. The first kappa shape index (κ1) is 123. The second-order valence-electron chi connectivity index (χ2n) is 38.4. The number of nitrogens with one attached hydrogen (secondary N) is 2. The summed E-state index contributed by atoms with van der Waals surface area (Å²) < 4.78 is 117. The molecule has 24 rings (SSSR count). The number of hydrogen-bond donors (Lipinski definition) is 27. The number of carbonyl (C=O) groups is 6. The Morgan fingerprint density at radius 3 is 1.29 bits per heavy atom.